The fourth-order valence-corrected chi connectivity index (χ4v) is 3.66. The highest BCUT2D eigenvalue weighted by Gasteiger charge is 2.13. The van der Waals surface area contributed by atoms with Crippen LogP contribution in [0.2, 0.25) is 0 Å². The number of hydrogen-bond acceptors (Lipinski definition) is 5. The Bertz CT molecular complexity index is 842. The number of ether oxygens (including phenoxy) is 3. The van der Waals surface area contributed by atoms with Gasteiger partial charge in [-0.2, -0.15) is 0 Å². The third-order valence-electron chi connectivity index (χ3n) is 5.67. The quantitative estimate of drug-likeness (QED) is 0.148. The minimum absolute atomic E-state index is 0.330. The number of unbranched alkanes of at least 4 members (excludes halogenated alkanes) is 7. The molecule has 0 unspecified atom stereocenters. The van der Waals surface area contributed by atoms with E-state index < -0.39 is 11.9 Å². The van der Waals surface area contributed by atoms with Gasteiger partial charge in [-0.1, -0.05) is 64.0 Å². The Morgan fingerprint density at radius 1 is 0.735 bits per heavy atom. The molecule has 0 fully saturated rings. The number of rotatable bonds is 16. The van der Waals surface area contributed by atoms with Crippen molar-refractivity contribution >= 4 is 11.9 Å². The molecule has 2 aromatic rings. The molecule has 5 heteroatoms. The predicted octanol–water partition coefficient (Wildman–Crippen LogP) is 7.17. The largest absolute Gasteiger partial charge is 0.457 e. The van der Waals surface area contributed by atoms with Gasteiger partial charge in [-0.15, -0.1) is 0 Å². The lowest BCUT2D eigenvalue weighted by Gasteiger charge is -2.13. The van der Waals surface area contributed by atoms with Crippen molar-refractivity contribution in [1.82, 2.24) is 0 Å². The Balaban J connectivity index is 1.74. The van der Waals surface area contributed by atoms with Gasteiger partial charge in [0.1, 0.15) is 11.9 Å². The lowest BCUT2D eigenvalue weighted by atomic mass is 10.0. The van der Waals surface area contributed by atoms with Gasteiger partial charge in [0, 0.05) is 6.61 Å². The first kappa shape index (κ1) is 27.6. The Morgan fingerprint density at radius 3 is 1.91 bits per heavy atom. The summed E-state index contributed by atoms with van der Waals surface area (Å²) >= 11 is 0. The highest BCUT2D eigenvalue weighted by atomic mass is 16.6. The molecule has 0 aliphatic carbocycles. The molecule has 0 heterocycles. The summed E-state index contributed by atoms with van der Waals surface area (Å²) < 4.78 is 16.0. The van der Waals surface area contributed by atoms with Crippen molar-refractivity contribution in [1.29, 1.82) is 0 Å². The Kier molecular flexibility index (Phi) is 13.0. The number of benzene rings is 2. The highest BCUT2D eigenvalue weighted by molar-refractivity contribution is 5.92. The third-order valence-corrected chi connectivity index (χ3v) is 5.67. The molecule has 0 amide bonds. The lowest BCUT2D eigenvalue weighted by Crippen LogP contribution is -2.20. The van der Waals surface area contributed by atoms with Crippen LogP contribution in [-0.4, -0.2) is 31.3 Å². The normalized spacial score (nSPS) is 11.7. The molecular weight excluding hydrogens is 428 g/mol. The minimum atomic E-state index is -0.433. The molecule has 0 aromatic heterocycles. The van der Waals surface area contributed by atoms with Crippen LogP contribution in [0.3, 0.4) is 0 Å². The van der Waals surface area contributed by atoms with Crippen LogP contribution in [0, 0.1) is 0 Å². The first-order valence-corrected chi connectivity index (χ1v) is 12.7. The number of esters is 2. The summed E-state index contributed by atoms with van der Waals surface area (Å²) in [6.45, 7) is 6.85. The van der Waals surface area contributed by atoms with E-state index in [1.54, 1.807) is 31.2 Å². The lowest BCUT2D eigenvalue weighted by molar-refractivity contribution is 0.00439. The van der Waals surface area contributed by atoms with Crippen LogP contribution in [0.25, 0.3) is 0 Å². The highest BCUT2D eigenvalue weighted by Crippen LogP contribution is 2.17. The molecule has 1 atom stereocenters. The topological polar surface area (TPSA) is 61.8 Å². The first-order valence-electron chi connectivity index (χ1n) is 12.7. The van der Waals surface area contributed by atoms with Gasteiger partial charge in [0.15, 0.2) is 0 Å². The van der Waals surface area contributed by atoms with Crippen LogP contribution in [0.4, 0.5) is 0 Å². The molecule has 0 aliphatic rings. The second-order valence-corrected chi connectivity index (χ2v) is 8.71. The summed E-state index contributed by atoms with van der Waals surface area (Å²) in [7, 11) is 0. The summed E-state index contributed by atoms with van der Waals surface area (Å²) in [5.74, 6) is -0.469. The molecule has 0 radical (unpaired) electrons. The standard InChI is InChI=1S/C29H40O5/c1-4-6-7-8-9-10-11-12-13-24-14-16-25(17-15-24)29(31)34-27-20-18-26(19-21-27)28(30)33-23(3)22-32-5-2/h14-21,23H,4-13,22H2,1-3H3/t23-/m0/s1. The molecule has 0 bridgehead atoms. The average molecular weight is 469 g/mol. The number of aryl methyl sites for hydroxylation is 1. The van der Waals surface area contributed by atoms with Crippen molar-refractivity contribution in [3.63, 3.8) is 0 Å². The first-order chi connectivity index (χ1) is 16.5. The van der Waals surface area contributed by atoms with E-state index in [4.69, 9.17) is 14.2 Å². The van der Waals surface area contributed by atoms with Gasteiger partial charge in [0.05, 0.1) is 17.7 Å². The summed E-state index contributed by atoms with van der Waals surface area (Å²) in [5.41, 5.74) is 2.14. The summed E-state index contributed by atoms with van der Waals surface area (Å²) in [5, 5.41) is 0. The summed E-state index contributed by atoms with van der Waals surface area (Å²) in [6.07, 6.45) is 11.1. The SMILES string of the molecule is CCCCCCCCCCc1ccc(C(=O)Oc2ccc(C(=O)O[C@@H](C)COCC)cc2)cc1. The maximum atomic E-state index is 12.5. The second-order valence-electron chi connectivity index (χ2n) is 8.71. The van der Waals surface area contributed by atoms with Crippen LogP contribution in [0.5, 0.6) is 5.75 Å². The van der Waals surface area contributed by atoms with E-state index in [0.29, 0.717) is 30.1 Å². The second kappa shape index (κ2) is 16.0. The van der Waals surface area contributed by atoms with Crippen molar-refractivity contribution in [2.24, 2.45) is 0 Å². The Hall–Kier alpha value is -2.66. The van der Waals surface area contributed by atoms with E-state index in [0.717, 1.165) is 6.42 Å². The molecule has 2 rings (SSSR count). The monoisotopic (exact) mass is 468 g/mol. The summed E-state index contributed by atoms with van der Waals surface area (Å²) in [6, 6.07) is 14.0. The molecule has 2 aromatic carbocycles. The van der Waals surface area contributed by atoms with Crippen LogP contribution >= 0.6 is 0 Å². The van der Waals surface area contributed by atoms with Crippen molar-refractivity contribution in [3.05, 3.63) is 65.2 Å². The van der Waals surface area contributed by atoms with E-state index in [9.17, 15) is 9.59 Å². The molecule has 0 spiro atoms. The van der Waals surface area contributed by atoms with E-state index in [1.807, 2.05) is 31.2 Å². The van der Waals surface area contributed by atoms with Crippen LogP contribution < -0.4 is 4.74 Å². The van der Waals surface area contributed by atoms with Crippen molar-refractivity contribution < 1.29 is 23.8 Å². The van der Waals surface area contributed by atoms with Crippen molar-refractivity contribution in [3.8, 4) is 5.75 Å². The van der Waals surface area contributed by atoms with Gasteiger partial charge in [-0.05, 0) is 68.7 Å². The van der Waals surface area contributed by atoms with E-state index in [2.05, 4.69) is 6.92 Å². The fourth-order valence-electron chi connectivity index (χ4n) is 3.66. The van der Waals surface area contributed by atoms with Gasteiger partial charge in [0.25, 0.3) is 0 Å². The van der Waals surface area contributed by atoms with E-state index in [1.165, 1.54) is 56.9 Å². The minimum Gasteiger partial charge on any atom is -0.457 e. The van der Waals surface area contributed by atoms with Crippen LogP contribution in [0.1, 0.15) is 98.4 Å². The fraction of sp³-hybridized carbons (Fsp3) is 0.517. The molecule has 5 nitrogen and oxygen atoms in total. The molecule has 0 saturated heterocycles. The van der Waals surface area contributed by atoms with E-state index in [-0.39, 0.29) is 6.10 Å². The zero-order valence-corrected chi connectivity index (χ0v) is 21.0. The van der Waals surface area contributed by atoms with Gasteiger partial charge < -0.3 is 14.2 Å². The maximum Gasteiger partial charge on any atom is 0.343 e. The van der Waals surface area contributed by atoms with Gasteiger partial charge >= 0.3 is 11.9 Å². The van der Waals surface area contributed by atoms with Gasteiger partial charge in [-0.3, -0.25) is 0 Å². The zero-order valence-electron chi connectivity index (χ0n) is 21.0. The number of carbonyl (C=O) groups is 2. The van der Waals surface area contributed by atoms with Crippen LogP contribution in [-0.2, 0) is 15.9 Å². The summed E-state index contributed by atoms with van der Waals surface area (Å²) in [4.78, 5) is 24.7. The zero-order chi connectivity index (χ0) is 24.6. The predicted molar refractivity (Wildman–Crippen MR) is 136 cm³/mol. The van der Waals surface area contributed by atoms with Gasteiger partial charge in [-0.25, -0.2) is 9.59 Å². The van der Waals surface area contributed by atoms with Crippen LogP contribution in [0.15, 0.2) is 48.5 Å². The smallest absolute Gasteiger partial charge is 0.343 e. The Morgan fingerprint density at radius 2 is 1.29 bits per heavy atom. The third kappa shape index (κ3) is 10.5. The average Bonchev–Trinajstić information content (AvgIpc) is 2.85. The Labute approximate surface area is 204 Å². The molecule has 0 N–H and O–H groups in total. The number of hydrogen-bond donors (Lipinski definition) is 0. The molecular formula is C29H40O5. The van der Waals surface area contributed by atoms with Gasteiger partial charge in [0.2, 0.25) is 0 Å². The molecule has 0 saturated carbocycles. The molecule has 34 heavy (non-hydrogen) atoms. The van der Waals surface area contributed by atoms with E-state index >= 15 is 0 Å². The van der Waals surface area contributed by atoms with Crippen molar-refractivity contribution in [2.75, 3.05) is 13.2 Å². The van der Waals surface area contributed by atoms with Crippen molar-refractivity contribution in [2.45, 2.75) is 84.7 Å². The maximum absolute atomic E-state index is 12.5. The number of carbonyl (C=O) groups excluding carboxylic acids is 2. The molecule has 186 valence electrons. The molecule has 0 aliphatic heterocycles.